The van der Waals surface area contributed by atoms with Gasteiger partial charge >= 0.3 is 0 Å². The standard InChI is InChI=1S/C29H26N4O2/c30-19-24-22-11-5-6-12-23(22)27(20-8-2-1-3-9-20)31-28(24)32-14-16-33(17-15-32)29(34)26-18-21-10-4-7-13-25(21)35-26/h1-4,7-10,13,18H,5-6,11-12,14-17H2. The molecule has 2 aromatic heterocycles. The first-order valence-corrected chi connectivity index (χ1v) is 12.3. The van der Waals surface area contributed by atoms with Gasteiger partial charge in [0.05, 0.1) is 11.3 Å². The van der Waals surface area contributed by atoms with E-state index in [4.69, 9.17) is 9.40 Å². The molecule has 1 saturated heterocycles. The smallest absolute Gasteiger partial charge is 0.289 e. The molecule has 6 rings (SSSR count). The van der Waals surface area contributed by atoms with Gasteiger partial charge in [0.25, 0.3) is 5.91 Å². The number of pyridine rings is 1. The third-order valence-corrected chi connectivity index (χ3v) is 7.16. The molecule has 0 radical (unpaired) electrons. The Morgan fingerprint density at radius 2 is 1.63 bits per heavy atom. The number of para-hydroxylation sites is 1. The van der Waals surface area contributed by atoms with E-state index in [2.05, 4.69) is 23.1 Å². The number of carbonyl (C=O) groups is 1. The SMILES string of the molecule is N#Cc1c(N2CCN(C(=O)c3cc4ccccc4o3)CC2)nc(-c2ccccc2)c2c1CCCC2. The van der Waals surface area contributed by atoms with Crippen LogP contribution >= 0.6 is 0 Å². The fourth-order valence-corrected chi connectivity index (χ4v) is 5.35. The number of benzene rings is 2. The minimum atomic E-state index is -0.0928. The van der Waals surface area contributed by atoms with Crippen molar-refractivity contribution in [1.82, 2.24) is 9.88 Å². The summed E-state index contributed by atoms with van der Waals surface area (Å²) in [6.07, 6.45) is 4.10. The molecule has 0 saturated carbocycles. The van der Waals surface area contributed by atoms with Gasteiger partial charge in [-0.2, -0.15) is 5.26 Å². The second kappa shape index (κ2) is 8.92. The van der Waals surface area contributed by atoms with Gasteiger partial charge in [0, 0.05) is 37.1 Å². The molecule has 35 heavy (non-hydrogen) atoms. The number of rotatable bonds is 3. The molecule has 174 valence electrons. The minimum Gasteiger partial charge on any atom is -0.451 e. The number of amides is 1. The van der Waals surface area contributed by atoms with Crippen LogP contribution in [0.5, 0.6) is 0 Å². The second-order valence-electron chi connectivity index (χ2n) is 9.23. The lowest BCUT2D eigenvalue weighted by Crippen LogP contribution is -2.49. The van der Waals surface area contributed by atoms with E-state index in [1.165, 1.54) is 5.56 Å². The van der Waals surface area contributed by atoms with Crippen molar-refractivity contribution in [3.8, 4) is 17.3 Å². The number of hydrogen-bond acceptors (Lipinski definition) is 5. The number of nitriles is 1. The minimum absolute atomic E-state index is 0.0928. The van der Waals surface area contributed by atoms with Gasteiger partial charge in [-0.05, 0) is 48.9 Å². The molecule has 0 bridgehead atoms. The molecule has 1 amide bonds. The van der Waals surface area contributed by atoms with Crippen LogP contribution in [0, 0.1) is 11.3 Å². The maximum atomic E-state index is 13.1. The first-order valence-electron chi connectivity index (χ1n) is 12.3. The van der Waals surface area contributed by atoms with Crippen molar-refractivity contribution < 1.29 is 9.21 Å². The Hall–Kier alpha value is -4.11. The largest absolute Gasteiger partial charge is 0.451 e. The highest BCUT2D eigenvalue weighted by Gasteiger charge is 2.29. The van der Waals surface area contributed by atoms with Crippen LogP contribution in [0.25, 0.3) is 22.2 Å². The lowest BCUT2D eigenvalue weighted by atomic mass is 9.86. The molecule has 2 aliphatic rings. The zero-order valence-corrected chi connectivity index (χ0v) is 19.5. The van der Waals surface area contributed by atoms with E-state index in [-0.39, 0.29) is 5.91 Å². The maximum absolute atomic E-state index is 13.1. The van der Waals surface area contributed by atoms with Crippen molar-refractivity contribution in [3.05, 3.63) is 83.1 Å². The number of carbonyl (C=O) groups excluding carboxylic acids is 1. The highest BCUT2D eigenvalue weighted by atomic mass is 16.3. The molecular formula is C29H26N4O2. The third kappa shape index (κ3) is 3.83. The Kier molecular flexibility index (Phi) is 5.46. The molecule has 0 atom stereocenters. The summed E-state index contributed by atoms with van der Waals surface area (Å²) in [5.41, 5.74) is 5.89. The Morgan fingerprint density at radius 3 is 2.37 bits per heavy atom. The monoisotopic (exact) mass is 462 g/mol. The van der Waals surface area contributed by atoms with Crippen molar-refractivity contribution in [1.29, 1.82) is 5.26 Å². The molecule has 1 aliphatic heterocycles. The molecule has 0 spiro atoms. The van der Waals surface area contributed by atoms with Crippen LogP contribution in [-0.4, -0.2) is 42.0 Å². The van der Waals surface area contributed by atoms with Gasteiger partial charge in [0.1, 0.15) is 17.5 Å². The third-order valence-electron chi connectivity index (χ3n) is 7.16. The van der Waals surface area contributed by atoms with E-state index in [0.29, 0.717) is 37.5 Å². The van der Waals surface area contributed by atoms with E-state index in [0.717, 1.165) is 59.3 Å². The highest BCUT2D eigenvalue weighted by molar-refractivity contribution is 5.96. The summed E-state index contributed by atoms with van der Waals surface area (Å²) in [4.78, 5) is 22.2. The molecule has 6 nitrogen and oxygen atoms in total. The van der Waals surface area contributed by atoms with Gasteiger partial charge in [-0.25, -0.2) is 4.98 Å². The van der Waals surface area contributed by atoms with Crippen molar-refractivity contribution >= 4 is 22.7 Å². The molecule has 4 aromatic rings. The number of anilines is 1. The Labute approximate surface area is 204 Å². The molecule has 2 aromatic carbocycles. The van der Waals surface area contributed by atoms with Crippen LogP contribution in [-0.2, 0) is 12.8 Å². The number of nitrogens with zero attached hydrogens (tertiary/aromatic N) is 4. The average molecular weight is 463 g/mol. The number of furan rings is 1. The second-order valence-corrected chi connectivity index (χ2v) is 9.23. The zero-order valence-electron chi connectivity index (χ0n) is 19.5. The van der Waals surface area contributed by atoms with E-state index < -0.39 is 0 Å². The normalized spacial score (nSPS) is 15.6. The fraction of sp³-hybridized carbons (Fsp3) is 0.276. The highest BCUT2D eigenvalue weighted by Crippen LogP contribution is 2.36. The summed E-state index contributed by atoms with van der Waals surface area (Å²) in [7, 11) is 0. The van der Waals surface area contributed by atoms with Crippen molar-refractivity contribution in [2.24, 2.45) is 0 Å². The molecular weight excluding hydrogens is 436 g/mol. The Bertz CT molecular complexity index is 1410. The van der Waals surface area contributed by atoms with Gasteiger partial charge in [0.15, 0.2) is 5.76 Å². The lowest BCUT2D eigenvalue weighted by Gasteiger charge is -2.36. The maximum Gasteiger partial charge on any atom is 0.289 e. The van der Waals surface area contributed by atoms with Crippen LogP contribution in [0.1, 0.15) is 40.1 Å². The van der Waals surface area contributed by atoms with E-state index in [9.17, 15) is 10.1 Å². The van der Waals surface area contributed by atoms with Crippen LogP contribution in [0.15, 0.2) is 65.1 Å². The number of aromatic nitrogens is 1. The van der Waals surface area contributed by atoms with Gasteiger partial charge in [0.2, 0.25) is 0 Å². The molecule has 0 unspecified atom stereocenters. The van der Waals surface area contributed by atoms with Crippen LogP contribution in [0.2, 0.25) is 0 Å². The van der Waals surface area contributed by atoms with Crippen molar-refractivity contribution in [3.63, 3.8) is 0 Å². The predicted molar refractivity (Wildman–Crippen MR) is 135 cm³/mol. The molecule has 6 heteroatoms. The summed E-state index contributed by atoms with van der Waals surface area (Å²) in [5, 5.41) is 11.1. The van der Waals surface area contributed by atoms with Crippen molar-refractivity contribution in [2.75, 3.05) is 31.1 Å². The zero-order chi connectivity index (χ0) is 23.8. The predicted octanol–water partition coefficient (Wildman–Crippen LogP) is 5.21. The lowest BCUT2D eigenvalue weighted by molar-refractivity contribution is 0.0717. The van der Waals surface area contributed by atoms with Gasteiger partial charge in [-0.3, -0.25) is 4.79 Å². The van der Waals surface area contributed by atoms with Crippen molar-refractivity contribution in [2.45, 2.75) is 25.7 Å². The fourth-order valence-electron chi connectivity index (χ4n) is 5.35. The quantitative estimate of drug-likeness (QED) is 0.418. The Morgan fingerprint density at radius 1 is 0.914 bits per heavy atom. The van der Waals surface area contributed by atoms with E-state index in [1.54, 1.807) is 0 Å². The summed E-state index contributed by atoms with van der Waals surface area (Å²) >= 11 is 0. The van der Waals surface area contributed by atoms with E-state index in [1.807, 2.05) is 53.4 Å². The summed E-state index contributed by atoms with van der Waals surface area (Å²) < 4.78 is 5.80. The number of piperazine rings is 1. The van der Waals surface area contributed by atoms with Gasteiger partial charge in [-0.15, -0.1) is 0 Å². The van der Waals surface area contributed by atoms with E-state index >= 15 is 0 Å². The number of hydrogen-bond donors (Lipinski definition) is 0. The molecule has 1 fully saturated rings. The number of fused-ring (bicyclic) bond motifs is 2. The summed E-state index contributed by atoms with van der Waals surface area (Å²) in [6.45, 7) is 2.36. The van der Waals surface area contributed by atoms with Crippen LogP contribution in [0.4, 0.5) is 5.82 Å². The van der Waals surface area contributed by atoms with Crippen LogP contribution in [0.3, 0.4) is 0 Å². The molecule has 0 N–H and O–H groups in total. The first-order chi connectivity index (χ1) is 17.2. The summed E-state index contributed by atoms with van der Waals surface area (Å²) in [5.74, 6) is 1.03. The average Bonchev–Trinajstić information content (AvgIpc) is 3.37. The first kappa shape index (κ1) is 21.4. The topological polar surface area (TPSA) is 73.4 Å². The van der Waals surface area contributed by atoms with Crippen LogP contribution < -0.4 is 4.90 Å². The van der Waals surface area contributed by atoms with Gasteiger partial charge < -0.3 is 14.2 Å². The Balaban J connectivity index is 1.29. The molecule has 3 heterocycles. The van der Waals surface area contributed by atoms with Gasteiger partial charge in [-0.1, -0.05) is 48.5 Å². The molecule has 1 aliphatic carbocycles. The summed E-state index contributed by atoms with van der Waals surface area (Å²) in [6, 6.07) is 22.2.